The molecule has 1 saturated carbocycles. The summed E-state index contributed by atoms with van der Waals surface area (Å²) in [6.07, 6.45) is 4.76. The number of methoxy groups -OCH3 is 1. The summed E-state index contributed by atoms with van der Waals surface area (Å²) in [6.45, 7) is 0.0992. The van der Waals surface area contributed by atoms with Crippen LogP contribution in [-0.4, -0.2) is 67.4 Å². The number of rotatable bonds is 5. The molecule has 0 radical (unpaired) electrons. The Morgan fingerprint density at radius 1 is 1.10 bits per heavy atom. The highest BCUT2D eigenvalue weighted by Crippen LogP contribution is 2.28. The molecule has 3 rings (SSSR count). The van der Waals surface area contributed by atoms with E-state index in [4.69, 9.17) is 9.94 Å². The minimum Gasteiger partial charge on any atom is -0.497 e. The summed E-state index contributed by atoms with van der Waals surface area (Å²) in [5.74, 6) is -0.465. The molecule has 1 aliphatic carbocycles. The van der Waals surface area contributed by atoms with E-state index in [9.17, 15) is 18.0 Å². The molecular weight excluding hydrogens is 398 g/mol. The van der Waals surface area contributed by atoms with Gasteiger partial charge in [0, 0.05) is 25.6 Å². The Bertz CT molecular complexity index is 836. The summed E-state index contributed by atoms with van der Waals surface area (Å²) < 4.78 is 32.3. The first-order valence-corrected chi connectivity index (χ1v) is 11.2. The quantitative estimate of drug-likeness (QED) is 0.537. The van der Waals surface area contributed by atoms with Crippen molar-refractivity contribution in [2.24, 2.45) is 5.92 Å². The lowest BCUT2D eigenvalue weighted by Crippen LogP contribution is -2.61. The molecule has 0 aromatic heterocycles. The van der Waals surface area contributed by atoms with E-state index >= 15 is 0 Å². The maximum Gasteiger partial charge on any atom is 0.263 e. The van der Waals surface area contributed by atoms with Crippen LogP contribution in [0.1, 0.15) is 32.1 Å². The third-order valence-electron chi connectivity index (χ3n) is 5.68. The first-order valence-electron chi connectivity index (χ1n) is 9.77. The van der Waals surface area contributed by atoms with Crippen molar-refractivity contribution in [3.05, 3.63) is 24.3 Å². The van der Waals surface area contributed by atoms with Crippen molar-refractivity contribution < 1.29 is 28.0 Å². The van der Waals surface area contributed by atoms with Gasteiger partial charge in [-0.3, -0.25) is 14.8 Å². The van der Waals surface area contributed by atoms with E-state index in [0.717, 1.165) is 36.4 Å². The van der Waals surface area contributed by atoms with Gasteiger partial charge < -0.3 is 9.64 Å². The number of sulfonamides is 1. The Morgan fingerprint density at radius 3 is 2.34 bits per heavy atom. The van der Waals surface area contributed by atoms with Crippen molar-refractivity contribution in [2.75, 3.05) is 26.7 Å². The number of hydroxylamine groups is 1. The Morgan fingerprint density at radius 2 is 1.76 bits per heavy atom. The summed E-state index contributed by atoms with van der Waals surface area (Å²) in [5.41, 5.74) is 1.54. The van der Waals surface area contributed by atoms with Gasteiger partial charge in [-0.25, -0.2) is 13.9 Å². The molecule has 29 heavy (non-hydrogen) atoms. The summed E-state index contributed by atoms with van der Waals surface area (Å²) >= 11 is 0. The van der Waals surface area contributed by atoms with Crippen LogP contribution in [0.4, 0.5) is 0 Å². The summed E-state index contributed by atoms with van der Waals surface area (Å²) in [5, 5.41) is 9.14. The minimum absolute atomic E-state index is 0.0149. The van der Waals surface area contributed by atoms with Crippen LogP contribution in [-0.2, 0) is 19.6 Å². The highest BCUT2D eigenvalue weighted by atomic mass is 32.2. The second-order valence-corrected chi connectivity index (χ2v) is 9.29. The van der Waals surface area contributed by atoms with Crippen LogP contribution in [0.5, 0.6) is 5.75 Å². The first kappa shape index (κ1) is 21.5. The van der Waals surface area contributed by atoms with Crippen LogP contribution in [0.15, 0.2) is 29.2 Å². The molecule has 0 spiro atoms. The number of amides is 2. The number of hydrogen-bond acceptors (Lipinski definition) is 6. The topological polar surface area (TPSA) is 116 Å². The normalized spacial score (nSPS) is 21.6. The van der Waals surface area contributed by atoms with E-state index in [0.29, 0.717) is 5.75 Å². The van der Waals surface area contributed by atoms with Gasteiger partial charge in [-0.05, 0) is 37.1 Å². The van der Waals surface area contributed by atoms with Crippen molar-refractivity contribution in [2.45, 2.75) is 43.0 Å². The zero-order valence-electron chi connectivity index (χ0n) is 16.4. The van der Waals surface area contributed by atoms with Gasteiger partial charge in [0.2, 0.25) is 15.9 Å². The highest BCUT2D eigenvalue weighted by molar-refractivity contribution is 7.89. The van der Waals surface area contributed by atoms with Gasteiger partial charge in [0.25, 0.3) is 5.91 Å². The average Bonchev–Trinajstić information content (AvgIpc) is 2.78. The molecule has 1 aliphatic heterocycles. The second-order valence-electron chi connectivity index (χ2n) is 7.40. The van der Waals surface area contributed by atoms with Crippen LogP contribution in [0.25, 0.3) is 0 Å². The molecule has 1 unspecified atom stereocenters. The summed E-state index contributed by atoms with van der Waals surface area (Å²) in [6, 6.07) is 4.66. The van der Waals surface area contributed by atoms with Crippen molar-refractivity contribution in [1.82, 2.24) is 14.7 Å². The largest absolute Gasteiger partial charge is 0.497 e. The average molecular weight is 426 g/mol. The number of ether oxygens (including phenoxy) is 1. The fourth-order valence-corrected chi connectivity index (χ4v) is 5.60. The Hall–Kier alpha value is -2.17. The fourth-order valence-electron chi connectivity index (χ4n) is 4.03. The van der Waals surface area contributed by atoms with Gasteiger partial charge in [-0.2, -0.15) is 4.31 Å². The van der Waals surface area contributed by atoms with Gasteiger partial charge in [-0.15, -0.1) is 0 Å². The van der Waals surface area contributed by atoms with Crippen LogP contribution in [0.3, 0.4) is 0 Å². The lowest BCUT2D eigenvalue weighted by molar-refractivity contribution is -0.142. The molecule has 160 valence electrons. The molecule has 2 aliphatic rings. The predicted octanol–water partition coefficient (Wildman–Crippen LogP) is 0.982. The molecule has 2 N–H and O–H groups in total. The van der Waals surface area contributed by atoms with E-state index in [1.807, 2.05) is 0 Å². The standard InChI is InChI=1S/C19H27N3O6S/c1-28-15-7-9-16(10-8-15)29(26,27)22-12-11-21(13-17(22)18(23)20-25)19(24)14-5-3-2-4-6-14/h7-10,14,17,25H,2-6,11-13H2,1H3,(H,20,23). The number of hydrogen-bond donors (Lipinski definition) is 2. The molecule has 1 aromatic rings. The molecule has 10 heteroatoms. The maximum atomic E-state index is 13.1. The van der Waals surface area contributed by atoms with Crippen molar-refractivity contribution >= 4 is 21.8 Å². The lowest BCUT2D eigenvalue weighted by atomic mass is 9.88. The third-order valence-corrected chi connectivity index (χ3v) is 7.60. The van der Waals surface area contributed by atoms with E-state index in [-0.39, 0.29) is 36.4 Å². The molecule has 1 saturated heterocycles. The fraction of sp³-hybridized carbons (Fsp3) is 0.579. The van der Waals surface area contributed by atoms with Crippen LogP contribution in [0, 0.1) is 5.92 Å². The van der Waals surface area contributed by atoms with E-state index in [1.54, 1.807) is 10.4 Å². The zero-order valence-corrected chi connectivity index (χ0v) is 17.2. The maximum absolute atomic E-state index is 13.1. The summed E-state index contributed by atoms with van der Waals surface area (Å²) in [7, 11) is -2.52. The van der Waals surface area contributed by atoms with Crippen LogP contribution in [0.2, 0.25) is 0 Å². The van der Waals surface area contributed by atoms with E-state index in [2.05, 4.69) is 0 Å². The number of nitrogens with one attached hydrogen (secondary N) is 1. The van der Waals surface area contributed by atoms with Gasteiger partial charge in [0.15, 0.2) is 0 Å². The van der Waals surface area contributed by atoms with Crippen molar-refractivity contribution in [3.63, 3.8) is 0 Å². The molecule has 1 heterocycles. The molecule has 2 fully saturated rings. The molecule has 1 atom stereocenters. The van der Waals surface area contributed by atoms with Gasteiger partial charge in [0.1, 0.15) is 11.8 Å². The number of carbonyl (C=O) groups excluding carboxylic acids is 2. The van der Waals surface area contributed by atoms with Crippen LogP contribution >= 0.6 is 0 Å². The van der Waals surface area contributed by atoms with Crippen LogP contribution < -0.4 is 10.2 Å². The van der Waals surface area contributed by atoms with E-state index in [1.165, 1.54) is 31.4 Å². The monoisotopic (exact) mass is 425 g/mol. The number of nitrogens with zero attached hydrogens (tertiary/aromatic N) is 2. The SMILES string of the molecule is COc1ccc(S(=O)(=O)N2CCN(C(=O)C3CCCCC3)CC2C(=O)NO)cc1. The lowest BCUT2D eigenvalue weighted by Gasteiger charge is -2.40. The highest BCUT2D eigenvalue weighted by Gasteiger charge is 2.42. The predicted molar refractivity (Wildman–Crippen MR) is 104 cm³/mol. The third kappa shape index (κ3) is 4.54. The molecule has 0 bridgehead atoms. The first-order chi connectivity index (χ1) is 13.9. The van der Waals surface area contributed by atoms with Gasteiger partial charge in [0.05, 0.1) is 12.0 Å². The smallest absolute Gasteiger partial charge is 0.263 e. The molecule has 1 aromatic carbocycles. The van der Waals surface area contributed by atoms with Gasteiger partial charge >= 0.3 is 0 Å². The molecular formula is C19H27N3O6S. The zero-order chi connectivity index (χ0) is 21.0. The summed E-state index contributed by atoms with van der Waals surface area (Å²) in [4.78, 5) is 26.7. The number of piperazine rings is 1. The minimum atomic E-state index is -4.00. The van der Waals surface area contributed by atoms with Gasteiger partial charge in [-0.1, -0.05) is 19.3 Å². The van der Waals surface area contributed by atoms with Crippen molar-refractivity contribution in [1.29, 1.82) is 0 Å². The Labute approximate surface area is 170 Å². The number of benzene rings is 1. The van der Waals surface area contributed by atoms with E-state index < -0.39 is 22.0 Å². The Balaban J connectivity index is 1.81. The Kier molecular flexibility index (Phi) is 6.76. The molecule has 9 nitrogen and oxygen atoms in total. The van der Waals surface area contributed by atoms with Crippen molar-refractivity contribution in [3.8, 4) is 5.75 Å². The second kappa shape index (κ2) is 9.10. The molecule has 2 amide bonds. The number of carbonyl (C=O) groups is 2.